The zero-order valence-electron chi connectivity index (χ0n) is 26.5. The zero-order chi connectivity index (χ0) is 32.7. The van der Waals surface area contributed by atoms with Crippen molar-refractivity contribution in [2.75, 3.05) is 0 Å². The Labute approximate surface area is 282 Å². The highest BCUT2D eigenvalue weighted by Gasteiger charge is 2.19. The molecule has 1 aromatic carbocycles. The highest BCUT2D eigenvalue weighted by Crippen LogP contribution is 2.39. The lowest BCUT2D eigenvalue weighted by Gasteiger charge is -2.06. The van der Waals surface area contributed by atoms with Gasteiger partial charge < -0.3 is 9.40 Å². The SMILES string of the molecule is Cc1ccc(-c2c3nc(c(-c4ccncc4)c4ccc([nH]4)c(-c4ccncc4)c4nc(c(-c5ccncc5)c5ccc2o5)C=C4)C=C3)cc1. The Kier molecular flexibility index (Phi) is 6.87. The van der Waals surface area contributed by atoms with E-state index in [0.717, 1.165) is 78.3 Å². The first-order valence-electron chi connectivity index (χ1n) is 16.0. The van der Waals surface area contributed by atoms with Gasteiger partial charge in [0.15, 0.2) is 0 Å². The highest BCUT2D eigenvalue weighted by atomic mass is 16.3. The molecular formula is C42H28N6O. The molecule has 0 aliphatic carbocycles. The molecule has 0 unspecified atom stereocenters. The number of benzene rings is 1. The van der Waals surface area contributed by atoms with Crippen LogP contribution in [0.4, 0.5) is 0 Å². The summed E-state index contributed by atoms with van der Waals surface area (Å²) in [6.07, 6.45) is 19.1. The molecule has 0 spiro atoms. The Bertz CT molecular complexity index is 2550. The van der Waals surface area contributed by atoms with Gasteiger partial charge in [-0.05, 0) is 114 Å². The van der Waals surface area contributed by atoms with Crippen molar-refractivity contribution in [2.24, 2.45) is 0 Å². The van der Waals surface area contributed by atoms with Gasteiger partial charge in [0.1, 0.15) is 11.2 Å². The minimum Gasteiger partial charge on any atom is -0.456 e. The summed E-state index contributed by atoms with van der Waals surface area (Å²) < 4.78 is 6.82. The van der Waals surface area contributed by atoms with Crippen molar-refractivity contribution in [3.63, 3.8) is 0 Å². The number of rotatable bonds is 4. The number of hydrogen-bond donors (Lipinski definition) is 1. The number of aromatic nitrogens is 6. The summed E-state index contributed by atoms with van der Waals surface area (Å²) in [5, 5.41) is 0. The lowest BCUT2D eigenvalue weighted by Crippen LogP contribution is -1.89. The van der Waals surface area contributed by atoms with Crippen LogP contribution in [0.25, 0.3) is 91.0 Å². The molecular weight excluding hydrogens is 605 g/mol. The Hall–Kier alpha value is -6.73. The third-order valence-corrected chi connectivity index (χ3v) is 8.88. The molecule has 49 heavy (non-hydrogen) atoms. The minimum absolute atomic E-state index is 0.700. The molecule has 8 bridgehead atoms. The standard InChI is InChI=1S/C42H28N6O/c1-26-2-4-27(5-3-26)41-35-10-8-33(47-35)39(28-14-20-43-21-15-28)31-6-7-32(46-31)40(29-16-22-44-23-17-29)34-9-11-36(48-34)42(30-18-24-45-25-19-30)38-13-12-37(41)49-38/h2-25,46H,1H3. The number of aryl methyl sites for hydroxylation is 1. The Morgan fingerprint density at radius 2 is 0.776 bits per heavy atom. The molecule has 1 N–H and O–H groups in total. The summed E-state index contributed by atoms with van der Waals surface area (Å²) in [6.45, 7) is 2.09. The molecule has 232 valence electrons. The van der Waals surface area contributed by atoms with Gasteiger partial charge >= 0.3 is 0 Å². The quantitative estimate of drug-likeness (QED) is 0.208. The third kappa shape index (κ3) is 5.14. The number of nitrogens with one attached hydrogen (secondary N) is 1. The van der Waals surface area contributed by atoms with Gasteiger partial charge in [0, 0.05) is 59.3 Å². The minimum atomic E-state index is 0.700. The molecule has 7 nitrogen and oxygen atoms in total. The van der Waals surface area contributed by atoms with Crippen LogP contribution in [0.2, 0.25) is 0 Å². The molecule has 7 heteroatoms. The number of aromatic amines is 1. The fourth-order valence-corrected chi connectivity index (χ4v) is 6.57. The number of nitrogens with zero attached hydrogens (tertiary/aromatic N) is 5. The molecule has 0 atom stereocenters. The van der Waals surface area contributed by atoms with Crippen LogP contribution in [0.5, 0.6) is 0 Å². The Morgan fingerprint density at radius 3 is 1.20 bits per heavy atom. The van der Waals surface area contributed by atoms with Crippen molar-refractivity contribution in [2.45, 2.75) is 6.92 Å². The first-order chi connectivity index (χ1) is 24.2. The Balaban J connectivity index is 1.48. The second kappa shape index (κ2) is 11.8. The summed E-state index contributed by atoms with van der Waals surface area (Å²) in [5.41, 5.74) is 15.4. The van der Waals surface area contributed by atoms with E-state index in [0.29, 0.717) is 11.2 Å². The molecule has 8 heterocycles. The van der Waals surface area contributed by atoms with E-state index in [4.69, 9.17) is 14.4 Å². The lowest BCUT2D eigenvalue weighted by atomic mass is 10.0. The van der Waals surface area contributed by atoms with E-state index in [9.17, 15) is 0 Å². The predicted octanol–water partition coefficient (Wildman–Crippen LogP) is 10.1. The van der Waals surface area contributed by atoms with E-state index < -0.39 is 0 Å². The molecule has 6 aromatic heterocycles. The second-order valence-corrected chi connectivity index (χ2v) is 12.0. The zero-order valence-corrected chi connectivity index (χ0v) is 26.5. The number of hydrogen-bond acceptors (Lipinski definition) is 6. The van der Waals surface area contributed by atoms with E-state index in [1.54, 1.807) is 24.8 Å². The monoisotopic (exact) mass is 632 g/mol. The summed E-state index contributed by atoms with van der Waals surface area (Å²) in [6, 6.07) is 28.8. The first kappa shape index (κ1) is 28.5. The molecule has 9 rings (SSSR count). The van der Waals surface area contributed by atoms with Crippen LogP contribution in [0, 0.1) is 6.92 Å². The average molecular weight is 633 g/mol. The normalized spacial score (nSPS) is 12.0. The predicted molar refractivity (Wildman–Crippen MR) is 197 cm³/mol. The maximum atomic E-state index is 6.82. The summed E-state index contributed by atoms with van der Waals surface area (Å²) in [5.74, 6) is 0. The fourth-order valence-electron chi connectivity index (χ4n) is 6.57. The van der Waals surface area contributed by atoms with Gasteiger partial charge in [-0.2, -0.15) is 0 Å². The highest BCUT2D eigenvalue weighted by molar-refractivity contribution is 5.98. The van der Waals surface area contributed by atoms with Crippen LogP contribution in [0.3, 0.4) is 0 Å². The van der Waals surface area contributed by atoms with Crippen molar-refractivity contribution < 1.29 is 4.42 Å². The van der Waals surface area contributed by atoms with Crippen LogP contribution in [-0.2, 0) is 0 Å². The average Bonchev–Trinajstić information content (AvgIpc) is 3.98. The van der Waals surface area contributed by atoms with Gasteiger partial charge in [-0.3, -0.25) is 15.0 Å². The van der Waals surface area contributed by atoms with E-state index in [1.165, 1.54) is 5.56 Å². The lowest BCUT2D eigenvalue weighted by molar-refractivity contribution is 0.667. The number of H-pyrrole nitrogens is 1. The smallest absolute Gasteiger partial charge is 0.137 e. The van der Waals surface area contributed by atoms with Gasteiger partial charge in [0.05, 0.1) is 33.9 Å². The van der Waals surface area contributed by atoms with Crippen molar-refractivity contribution in [1.82, 2.24) is 29.9 Å². The van der Waals surface area contributed by atoms with Crippen LogP contribution in [0.15, 0.2) is 127 Å². The number of furan rings is 1. The second-order valence-electron chi connectivity index (χ2n) is 12.0. The van der Waals surface area contributed by atoms with Crippen molar-refractivity contribution in [3.8, 4) is 44.5 Å². The maximum absolute atomic E-state index is 6.82. The van der Waals surface area contributed by atoms with E-state index >= 15 is 0 Å². The summed E-state index contributed by atoms with van der Waals surface area (Å²) in [7, 11) is 0. The van der Waals surface area contributed by atoms with E-state index in [-0.39, 0.29) is 0 Å². The van der Waals surface area contributed by atoms with Crippen molar-refractivity contribution >= 4 is 46.5 Å². The van der Waals surface area contributed by atoms with Crippen molar-refractivity contribution in [3.05, 3.63) is 150 Å². The third-order valence-electron chi connectivity index (χ3n) is 8.88. The first-order valence-corrected chi connectivity index (χ1v) is 16.0. The Morgan fingerprint density at radius 1 is 0.408 bits per heavy atom. The molecule has 0 saturated heterocycles. The van der Waals surface area contributed by atoms with Crippen LogP contribution in [0.1, 0.15) is 28.3 Å². The maximum Gasteiger partial charge on any atom is 0.137 e. The van der Waals surface area contributed by atoms with Crippen LogP contribution >= 0.6 is 0 Å². The van der Waals surface area contributed by atoms with Gasteiger partial charge in [-0.15, -0.1) is 0 Å². The number of pyridine rings is 3. The van der Waals surface area contributed by atoms with Crippen LogP contribution < -0.4 is 0 Å². The van der Waals surface area contributed by atoms with Gasteiger partial charge in [0.2, 0.25) is 0 Å². The largest absolute Gasteiger partial charge is 0.456 e. The van der Waals surface area contributed by atoms with E-state index in [1.807, 2.05) is 60.9 Å². The van der Waals surface area contributed by atoms with Gasteiger partial charge in [-0.1, -0.05) is 29.8 Å². The molecule has 0 radical (unpaired) electrons. The number of fused-ring (bicyclic) bond motifs is 8. The van der Waals surface area contributed by atoms with E-state index in [2.05, 4.69) is 87.6 Å². The molecule has 2 aliphatic rings. The molecule has 2 aliphatic heterocycles. The fraction of sp³-hybridized carbons (Fsp3) is 0.0238. The summed E-state index contributed by atoms with van der Waals surface area (Å²) >= 11 is 0. The van der Waals surface area contributed by atoms with Gasteiger partial charge in [-0.25, -0.2) is 9.97 Å². The van der Waals surface area contributed by atoms with Crippen LogP contribution in [-0.4, -0.2) is 29.9 Å². The molecule has 0 amide bonds. The molecule has 0 saturated carbocycles. The molecule has 7 aromatic rings. The topological polar surface area (TPSA) is 93.4 Å². The summed E-state index contributed by atoms with van der Waals surface area (Å²) in [4.78, 5) is 27.2. The van der Waals surface area contributed by atoms with Gasteiger partial charge in [0.25, 0.3) is 0 Å². The van der Waals surface area contributed by atoms with Crippen molar-refractivity contribution in [1.29, 1.82) is 0 Å². The molecule has 0 fully saturated rings.